The van der Waals surface area contributed by atoms with E-state index in [1.165, 1.54) is 37.0 Å². The van der Waals surface area contributed by atoms with E-state index < -0.39 is 8.25 Å². The lowest BCUT2D eigenvalue weighted by molar-refractivity contribution is -0.689. The molecular formula is C21H37ClN4O4PS+. The average molecular weight is 508 g/mol. The number of aliphatic hydroxyl groups excluding tert-OH is 1. The molecule has 0 saturated heterocycles. The molecule has 0 aliphatic heterocycles. The van der Waals surface area contributed by atoms with Crippen LogP contribution < -0.4 is 22.7 Å². The Morgan fingerprint density at radius 2 is 1.59 bits per heavy atom. The largest absolute Gasteiger partial charge is 1.00 e. The van der Waals surface area contributed by atoms with Crippen LogP contribution >= 0.6 is 19.6 Å². The molecule has 1 saturated carbocycles. The second kappa shape index (κ2) is 22.5. The van der Waals surface area contributed by atoms with Gasteiger partial charge in [-0.2, -0.15) is 4.57 Å². The van der Waals surface area contributed by atoms with Crippen LogP contribution in [0.3, 0.4) is 0 Å². The van der Waals surface area contributed by atoms with Crippen LogP contribution in [0.1, 0.15) is 54.1 Å². The van der Waals surface area contributed by atoms with Gasteiger partial charge in [-0.25, -0.2) is 9.97 Å². The second-order valence-corrected chi connectivity index (χ2v) is 7.63. The molecule has 2 heterocycles. The molecule has 1 fully saturated rings. The molecule has 0 radical (unpaired) electrons. The van der Waals surface area contributed by atoms with E-state index in [2.05, 4.69) is 40.9 Å². The van der Waals surface area contributed by atoms with Crippen molar-refractivity contribution in [2.45, 2.75) is 58.9 Å². The molecule has 32 heavy (non-hydrogen) atoms. The first-order chi connectivity index (χ1) is 14.8. The van der Waals surface area contributed by atoms with Crippen molar-refractivity contribution in [2.24, 2.45) is 0 Å². The Kier molecular flexibility index (Phi) is 24.5. The first kappa shape index (κ1) is 34.9. The van der Waals surface area contributed by atoms with Crippen LogP contribution in [0.25, 0.3) is 0 Å². The normalized spacial score (nSPS) is 10.9. The van der Waals surface area contributed by atoms with Gasteiger partial charge in [-0.1, -0.05) is 43.4 Å². The van der Waals surface area contributed by atoms with Crippen molar-refractivity contribution in [3.05, 3.63) is 60.0 Å². The Morgan fingerprint density at radius 3 is 2.00 bits per heavy atom. The van der Waals surface area contributed by atoms with Crippen LogP contribution in [-0.4, -0.2) is 31.5 Å². The summed E-state index contributed by atoms with van der Waals surface area (Å²) < 4.78 is 10.8. The maximum Gasteiger partial charge on any atom is 0.692 e. The van der Waals surface area contributed by atoms with Crippen molar-refractivity contribution in [1.29, 1.82) is 0 Å². The molecule has 0 unspecified atom stereocenters. The minimum atomic E-state index is -2.87. The summed E-state index contributed by atoms with van der Waals surface area (Å²) in [5.41, 5.74) is 10.0. The minimum Gasteiger partial charge on any atom is -1.00 e. The molecule has 2 aromatic rings. The smallest absolute Gasteiger partial charge is 0.692 e. The lowest BCUT2D eigenvalue weighted by Crippen LogP contribution is -3.00. The van der Waals surface area contributed by atoms with Gasteiger partial charge in [0.1, 0.15) is 11.6 Å². The number of aliphatic hydroxyl groups is 1. The van der Waals surface area contributed by atoms with Gasteiger partial charge in [0.05, 0.1) is 10.4 Å². The van der Waals surface area contributed by atoms with Gasteiger partial charge in [0, 0.05) is 30.7 Å². The molecule has 0 aromatic carbocycles. The van der Waals surface area contributed by atoms with Gasteiger partial charge in [-0.15, -0.1) is 36.1 Å². The fourth-order valence-corrected chi connectivity index (χ4v) is 3.63. The molecule has 0 atom stereocenters. The predicted molar refractivity (Wildman–Crippen MR) is 128 cm³/mol. The third-order valence-corrected chi connectivity index (χ3v) is 5.25. The lowest BCUT2D eigenvalue weighted by atomic mass is 10.2. The van der Waals surface area contributed by atoms with E-state index in [0.29, 0.717) is 24.6 Å². The standard InChI is InChI=1S/C12H17N4OS.C5H10.2C2H4.ClH.HO3P/c1-8-11(3-4-17)18-7-16(8)6-10-5-14-9(2)15-12(10)13;1-2-4-5-3-1;2*1-2;;1-4(2)3/h5,7,17H,3-4,6H2,1-2H3,(H2,13,14,15);1-5H2;2*1-2H2;1H;(H-,1,2,3)/q+1;;;;;. The average Bonchev–Trinajstić information content (AvgIpc) is 3.43. The van der Waals surface area contributed by atoms with E-state index in [9.17, 15) is 0 Å². The maximum absolute atomic E-state index is 8.98. The van der Waals surface area contributed by atoms with Crippen molar-refractivity contribution in [1.82, 2.24) is 9.97 Å². The Hall–Kier alpha value is -1.74. The summed E-state index contributed by atoms with van der Waals surface area (Å²) in [5.74, 6) is 1.22. The minimum absolute atomic E-state index is 0. The molecular weight excluding hydrogens is 471 g/mol. The monoisotopic (exact) mass is 507 g/mol. The summed E-state index contributed by atoms with van der Waals surface area (Å²) >= 11 is 1.65. The highest BCUT2D eigenvalue weighted by Crippen LogP contribution is 2.15. The second-order valence-electron chi connectivity index (χ2n) is 6.18. The molecule has 2 aromatic heterocycles. The van der Waals surface area contributed by atoms with Crippen LogP contribution in [-0.2, 0) is 17.5 Å². The Labute approximate surface area is 202 Å². The number of nitrogens with zero attached hydrogens (tertiary/aromatic N) is 3. The van der Waals surface area contributed by atoms with Crippen molar-refractivity contribution < 1.29 is 36.4 Å². The summed E-state index contributed by atoms with van der Waals surface area (Å²) in [6.07, 6.45) is 9.97. The molecule has 8 nitrogen and oxygen atoms in total. The molecule has 1 aliphatic rings. The molecule has 11 heteroatoms. The fraction of sp³-hybridized carbons (Fsp3) is 0.476. The molecule has 182 valence electrons. The Bertz CT molecular complexity index is 748. The SMILES string of the molecule is C1CCCC1.C=C.C=C.Cc1ncc(C[n+]2csc(CCO)c2C)c(N)n1.O=[P+](O)O.[Cl-]. The van der Waals surface area contributed by atoms with Gasteiger partial charge in [-0.05, 0) is 6.92 Å². The molecule has 0 bridgehead atoms. The fourth-order valence-electron chi connectivity index (χ4n) is 2.65. The summed E-state index contributed by atoms with van der Waals surface area (Å²) in [6.45, 7) is 16.7. The highest BCUT2D eigenvalue weighted by Gasteiger charge is 2.17. The Morgan fingerprint density at radius 1 is 1.12 bits per heavy atom. The van der Waals surface area contributed by atoms with Crippen LogP contribution in [0.5, 0.6) is 0 Å². The quantitative estimate of drug-likeness (QED) is 0.273. The third-order valence-electron chi connectivity index (χ3n) is 4.10. The summed E-state index contributed by atoms with van der Waals surface area (Å²) in [5, 5.41) is 8.98. The zero-order chi connectivity index (χ0) is 24.2. The van der Waals surface area contributed by atoms with Gasteiger partial charge >= 0.3 is 8.25 Å². The maximum atomic E-state index is 8.98. The highest BCUT2D eigenvalue weighted by atomic mass is 35.5. The number of nitrogen functional groups attached to an aromatic ring is 1. The summed E-state index contributed by atoms with van der Waals surface area (Å²) in [6, 6.07) is 0. The number of aryl methyl sites for hydroxylation is 1. The van der Waals surface area contributed by atoms with Crippen LogP contribution in [0, 0.1) is 13.8 Å². The van der Waals surface area contributed by atoms with Crippen molar-refractivity contribution in [3.8, 4) is 0 Å². The number of halogens is 1. The third kappa shape index (κ3) is 16.0. The van der Waals surface area contributed by atoms with Crippen LogP contribution in [0.4, 0.5) is 5.82 Å². The van der Waals surface area contributed by atoms with Crippen molar-refractivity contribution in [2.75, 3.05) is 12.3 Å². The van der Waals surface area contributed by atoms with E-state index in [1.807, 2.05) is 19.4 Å². The van der Waals surface area contributed by atoms with E-state index in [1.54, 1.807) is 17.5 Å². The van der Waals surface area contributed by atoms with Crippen molar-refractivity contribution in [3.63, 3.8) is 0 Å². The van der Waals surface area contributed by atoms with Gasteiger partial charge in [-0.3, -0.25) is 0 Å². The predicted octanol–water partition coefficient (Wildman–Crippen LogP) is 0.795. The summed E-state index contributed by atoms with van der Waals surface area (Å²) in [4.78, 5) is 23.8. The molecule has 1 aliphatic carbocycles. The van der Waals surface area contributed by atoms with Gasteiger partial charge in [0.25, 0.3) is 0 Å². The topological polar surface area (TPSA) is 133 Å². The molecule has 5 N–H and O–H groups in total. The lowest BCUT2D eigenvalue weighted by Gasteiger charge is -2.01. The number of aromatic nitrogens is 3. The van der Waals surface area contributed by atoms with Gasteiger partial charge in [0.2, 0.25) is 5.51 Å². The highest BCUT2D eigenvalue weighted by molar-refractivity contribution is 7.30. The Balaban J connectivity index is -0.000000498. The molecule has 3 rings (SSSR count). The first-order valence-electron chi connectivity index (χ1n) is 9.85. The number of hydrogen-bond donors (Lipinski definition) is 4. The van der Waals surface area contributed by atoms with E-state index >= 15 is 0 Å². The number of thiazole rings is 1. The number of hydrogen-bond acceptors (Lipinski definition) is 6. The van der Waals surface area contributed by atoms with E-state index in [0.717, 1.165) is 11.3 Å². The molecule has 0 spiro atoms. The number of nitrogens with two attached hydrogens (primary N) is 1. The van der Waals surface area contributed by atoms with Crippen molar-refractivity contribution >= 4 is 25.4 Å². The van der Waals surface area contributed by atoms with Crippen LogP contribution in [0.2, 0.25) is 0 Å². The van der Waals surface area contributed by atoms with Gasteiger partial charge in [0.15, 0.2) is 12.2 Å². The first-order valence-corrected chi connectivity index (χ1v) is 11.9. The zero-order valence-corrected chi connectivity index (χ0v) is 21.5. The number of anilines is 1. The van der Waals surface area contributed by atoms with Gasteiger partial charge < -0.3 is 23.2 Å². The van der Waals surface area contributed by atoms with E-state index in [4.69, 9.17) is 25.2 Å². The zero-order valence-electron chi connectivity index (χ0n) is 19.0. The van der Waals surface area contributed by atoms with E-state index in [-0.39, 0.29) is 19.0 Å². The number of rotatable bonds is 4. The molecule has 0 amide bonds. The summed E-state index contributed by atoms with van der Waals surface area (Å²) in [7, 11) is -2.87. The van der Waals surface area contributed by atoms with Crippen LogP contribution in [0.15, 0.2) is 38.0 Å².